The van der Waals surface area contributed by atoms with Gasteiger partial charge in [-0.2, -0.15) is 0 Å². The normalized spacial score (nSPS) is 16.9. The molecule has 1 heterocycles. The first-order valence-electron chi connectivity index (χ1n) is 11.3. The number of aliphatic hydroxyl groups excluding tert-OH is 1. The molecule has 1 N–H and O–H groups in total. The maximum atomic E-state index is 13.4. The van der Waals surface area contributed by atoms with E-state index in [0.29, 0.717) is 34.9 Å². The number of hydrogen-bond acceptors (Lipinski definition) is 6. The van der Waals surface area contributed by atoms with E-state index in [1.54, 1.807) is 48.5 Å². The van der Waals surface area contributed by atoms with Crippen LogP contribution in [0.15, 0.2) is 78.4 Å². The Labute approximate surface area is 204 Å². The van der Waals surface area contributed by atoms with Crippen LogP contribution in [-0.4, -0.2) is 44.6 Å². The van der Waals surface area contributed by atoms with Gasteiger partial charge in [0.2, 0.25) is 0 Å². The molecule has 1 fully saturated rings. The highest BCUT2D eigenvalue weighted by Gasteiger charge is 2.47. The minimum absolute atomic E-state index is 0.00941. The summed E-state index contributed by atoms with van der Waals surface area (Å²) in [6.45, 7) is 2.35. The predicted octanol–water partition coefficient (Wildman–Crippen LogP) is 4.79. The van der Waals surface area contributed by atoms with Crippen LogP contribution < -0.4 is 19.3 Å². The summed E-state index contributed by atoms with van der Waals surface area (Å²) in [6.07, 6.45) is 0. The Kier molecular flexibility index (Phi) is 6.78. The fourth-order valence-electron chi connectivity index (χ4n) is 4.25. The van der Waals surface area contributed by atoms with Gasteiger partial charge < -0.3 is 19.5 Å². The number of anilines is 2. The number of Topliss-reactive ketones (excluding diaryl/α,β-unsaturated/α-hetero) is 1. The second kappa shape index (κ2) is 9.93. The summed E-state index contributed by atoms with van der Waals surface area (Å²) in [7, 11) is 5.33. The molecule has 0 radical (unpaired) electrons. The minimum atomic E-state index is -0.856. The monoisotopic (exact) mass is 472 g/mol. The summed E-state index contributed by atoms with van der Waals surface area (Å²) >= 11 is 0. The summed E-state index contributed by atoms with van der Waals surface area (Å²) in [5.74, 6) is -0.771. The van der Waals surface area contributed by atoms with Gasteiger partial charge in [-0.1, -0.05) is 24.3 Å². The zero-order valence-corrected chi connectivity index (χ0v) is 20.2. The third-order valence-corrected chi connectivity index (χ3v) is 5.94. The van der Waals surface area contributed by atoms with Crippen LogP contribution in [0.25, 0.3) is 5.76 Å². The van der Waals surface area contributed by atoms with E-state index in [4.69, 9.17) is 9.47 Å². The maximum Gasteiger partial charge on any atom is 0.300 e. The molecule has 0 bridgehead atoms. The third kappa shape index (κ3) is 4.45. The molecule has 3 aromatic carbocycles. The van der Waals surface area contributed by atoms with Crippen molar-refractivity contribution in [2.75, 3.05) is 37.6 Å². The van der Waals surface area contributed by atoms with Gasteiger partial charge in [-0.3, -0.25) is 14.5 Å². The summed E-state index contributed by atoms with van der Waals surface area (Å²) in [6, 6.07) is 20.6. The van der Waals surface area contributed by atoms with E-state index in [9.17, 15) is 14.7 Å². The number of methoxy groups -OCH3 is 1. The summed E-state index contributed by atoms with van der Waals surface area (Å²) in [4.78, 5) is 30.1. The number of nitrogens with zero attached hydrogens (tertiary/aromatic N) is 2. The van der Waals surface area contributed by atoms with E-state index >= 15 is 0 Å². The van der Waals surface area contributed by atoms with Crippen molar-refractivity contribution in [3.05, 3.63) is 89.5 Å². The largest absolute Gasteiger partial charge is 0.507 e. The van der Waals surface area contributed by atoms with E-state index in [0.717, 1.165) is 5.69 Å². The average molecular weight is 473 g/mol. The lowest BCUT2D eigenvalue weighted by Crippen LogP contribution is -2.29. The molecular formula is C28H28N2O5. The molecule has 0 saturated carbocycles. The minimum Gasteiger partial charge on any atom is -0.507 e. The van der Waals surface area contributed by atoms with Gasteiger partial charge in [0.05, 0.1) is 30.9 Å². The van der Waals surface area contributed by atoms with E-state index in [1.165, 1.54) is 12.0 Å². The number of ketones is 1. The molecule has 7 nitrogen and oxygen atoms in total. The molecule has 1 atom stereocenters. The highest BCUT2D eigenvalue weighted by Crippen LogP contribution is 2.44. The lowest BCUT2D eigenvalue weighted by molar-refractivity contribution is -0.132. The third-order valence-electron chi connectivity index (χ3n) is 5.94. The lowest BCUT2D eigenvalue weighted by atomic mass is 9.94. The number of carbonyl (C=O) groups excluding carboxylic acids is 2. The van der Waals surface area contributed by atoms with Gasteiger partial charge in [0, 0.05) is 25.5 Å². The lowest BCUT2D eigenvalue weighted by Gasteiger charge is -2.26. The van der Waals surface area contributed by atoms with Crippen molar-refractivity contribution in [3.63, 3.8) is 0 Å². The van der Waals surface area contributed by atoms with Crippen LogP contribution in [-0.2, 0) is 9.59 Å². The van der Waals surface area contributed by atoms with Crippen molar-refractivity contribution in [2.24, 2.45) is 0 Å². The SMILES string of the molecule is CCOc1cccc(C2/C(=C(/O)c3ccccc3OC)C(=O)C(=O)N2c2ccc(N(C)C)cc2)c1. The van der Waals surface area contributed by atoms with Crippen LogP contribution in [0.5, 0.6) is 11.5 Å². The van der Waals surface area contributed by atoms with E-state index < -0.39 is 17.7 Å². The van der Waals surface area contributed by atoms with Crippen LogP contribution in [0.1, 0.15) is 24.1 Å². The number of carbonyl (C=O) groups is 2. The summed E-state index contributed by atoms with van der Waals surface area (Å²) in [5.41, 5.74) is 2.47. The maximum absolute atomic E-state index is 13.4. The molecule has 1 unspecified atom stereocenters. The first-order chi connectivity index (χ1) is 16.9. The van der Waals surface area contributed by atoms with Crippen LogP contribution in [0.4, 0.5) is 11.4 Å². The smallest absolute Gasteiger partial charge is 0.300 e. The Hall–Kier alpha value is -4.26. The Balaban J connectivity index is 1.94. The van der Waals surface area contributed by atoms with Crippen molar-refractivity contribution in [2.45, 2.75) is 13.0 Å². The van der Waals surface area contributed by atoms with Crippen molar-refractivity contribution in [3.8, 4) is 11.5 Å². The van der Waals surface area contributed by atoms with Crippen LogP contribution in [0.3, 0.4) is 0 Å². The second-order valence-electron chi connectivity index (χ2n) is 8.29. The average Bonchev–Trinajstić information content (AvgIpc) is 3.14. The predicted molar refractivity (Wildman–Crippen MR) is 136 cm³/mol. The molecule has 7 heteroatoms. The summed E-state index contributed by atoms with van der Waals surface area (Å²) < 4.78 is 11.1. The first kappa shape index (κ1) is 23.9. The van der Waals surface area contributed by atoms with Gasteiger partial charge in [0.15, 0.2) is 0 Å². The molecule has 0 spiro atoms. The van der Waals surface area contributed by atoms with Gasteiger partial charge in [-0.05, 0) is 61.0 Å². The number of hydrogen-bond donors (Lipinski definition) is 1. The first-order valence-corrected chi connectivity index (χ1v) is 11.3. The molecule has 1 saturated heterocycles. The standard InChI is InChI=1S/C28H28N2O5/c1-5-35-21-10-8-9-18(17-21)25-24(26(31)22-11-6-7-12-23(22)34-4)27(32)28(33)30(25)20-15-13-19(14-16-20)29(2)3/h6-17,25,31H,5H2,1-4H3/b26-24-. The van der Waals surface area contributed by atoms with Gasteiger partial charge in [0.1, 0.15) is 17.3 Å². The molecule has 1 aliphatic heterocycles. The molecule has 1 aliphatic rings. The van der Waals surface area contributed by atoms with Crippen LogP contribution in [0, 0.1) is 0 Å². The van der Waals surface area contributed by atoms with Crippen molar-refractivity contribution in [1.29, 1.82) is 0 Å². The zero-order chi connectivity index (χ0) is 25.1. The highest BCUT2D eigenvalue weighted by atomic mass is 16.5. The Morgan fingerprint density at radius 1 is 1.00 bits per heavy atom. The number of benzene rings is 3. The van der Waals surface area contributed by atoms with Crippen molar-refractivity contribution in [1.82, 2.24) is 0 Å². The topological polar surface area (TPSA) is 79.3 Å². The van der Waals surface area contributed by atoms with Gasteiger partial charge in [-0.15, -0.1) is 0 Å². The number of rotatable bonds is 7. The van der Waals surface area contributed by atoms with Gasteiger partial charge in [-0.25, -0.2) is 0 Å². The molecule has 180 valence electrons. The number of para-hydroxylation sites is 1. The Bertz CT molecular complexity index is 1280. The van der Waals surface area contributed by atoms with Crippen molar-refractivity contribution >= 4 is 28.8 Å². The molecule has 1 amide bonds. The molecule has 3 aromatic rings. The quantitative estimate of drug-likeness (QED) is 0.303. The fraction of sp³-hybridized carbons (Fsp3) is 0.214. The number of amides is 1. The summed E-state index contributed by atoms with van der Waals surface area (Å²) in [5, 5.41) is 11.4. The molecule has 0 aromatic heterocycles. The van der Waals surface area contributed by atoms with E-state index in [1.807, 2.05) is 50.2 Å². The highest BCUT2D eigenvalue weighted by molar-refractivity contribution is 6.51. The number of ether oxygens (including phenoxy) is 2. The Morgan fingerprint density at radius 2 is 1.71 bits per heavy atom. The van der Waals surface area contributed by atoms with Gasteiger partial charge in [0.25, 0.3) is 11.7 Å². The zero-order valence-electron chi connectivity index (χ0n) is 20.2. The molecule has 0 aliphatic carbocycles. The fourth-order valence-corrected chi connectivity index (χ4v) is 4.25. The van der Waals surface area contributed by atoms with E-state index in [2.05, 4.69) is 0 Å². The number of aliphatic hydroxyl groups is 1. The molecule has 4 rings (SSSR count). The van der Waals surface area contributed by atoms with E-state index in [-0.39, 0.29) is 11.3 Å². The molecular weight excluding hydrogens is 444 g/mol. The van der Waals surface area contributed by atoms with Crippen LogP contribution in [0.2, 0.25) is 0 Å². The molecule has 35 heavy (non-hydrogen) atoms. The Morgan fingerprint density at radius 3 is 2.37 bits per heavy atom. The van der Waals surface area contributed by atoms with Crippen molar-refractivity contribution < 1.29 is 24.2 Å². The van der Waals surface area contributed by atoms with Gasteiger partial charge >= 0.3 is 0 Å². The van der Waals surface area contributed by atoms with Crippen LogP contribution >= 0.6 is 0 Å². The second-order valence-corrected chi connectivity index (χ2v) is 8.29.